The number of nitrogens with zero attached hydrogens (tertiary/aromatic N) is 3. The van der Waals surface area contributed by atoms with Crippen molar-refractivity contribution in [2.24, 2.45) is 0 Å². The summed E-state index contributed by atoms with van der Waals surface area (Å²) in [5.41, 5.74) is 5.68. The van der Waals surface area contributed by atoms with Gasteiger partial charge in [0.05, 0.1) is 16.3 Å². The monoisotopic (exact) mass is 719 g/mol. The average Bonchev–Trinajstić information content (AvgIpc) is 3.94. The highest BCUT2D eigenvalue weighted by atomic mass is 32.2. The molecule has 0 aromatic heterocycles. The van der Waals surface area contributed by atoms with Crippen LogP contribution >= 0.6 is 11.9 Å². The fourth-order valence-electron chi connectivity index (χ4n) is 5.99. The van der Waals surface area contributed by atoms with Gasteiger partial charge in [0.15, 0.2) is 11.6 Å². The van der Waals surface area contributed by atoms with Crippen LogP contribution in [0.2, 0.25) is 0 Å². The quantitative estimate of drug-likeness (QED) is 0.0773. The van der Waals surface area contributed by atoms with E-state index in [9.17, 15) is 8.78 Å². The number of hydrogen-bond acceptors (Lipinski definition) is 4. The summed E-state index contributed by atoms with van der Waals surface area (Å²) >= 11 is 0.693. The van der Waals surface area contributed by atoms with Crippen molar-refractivity contribution in [3.05, 3.63) is 141 Å². The van der Waals surface area contributed by atoms with Gasteiger partial charge >= 0.3 is 0 Å². The zero-order valence-electron chi connectivity index (χ0n) is 30.4. The lowest BCUT2D eigenvalue weighted by Gasteiger charge is -2.28. The molecule has 0 atom stereocenters. The fraction of sp³-hybridized carbons (Fsp3) is 0.333. The van der Waals surface area contributed by atoms with Crippen LogP contribution < -0.4 is 9.80 Å². The Morgan fingerprint density at radius 2 is 1.51 bits per heavy atom. The second-order valence-electron chi connectivity index (χ2n) is 14.4. The normalized spacial score (nSPS) is 13.4. The van der Waals surface area contributed by atoms with Crippen LogP contribution in [0, 0.1) is 42.9 Å². The smallest absolute Gasteiger partial charge is 0.176 e. The second kappa shape index (κ2) is 15.7. The molecule has 1 aliphatic rings. The molecule has 4 aromatic carbocycles. The molecule has 270 valence electrons. The number of anilines is 2. The van der Waals surface area contributed by atoms with E-state index in [1.54, 1.807) is 40.8 Å². The van der Waals surface area contributed by atoms with Crippen LogP contribution in [0.4, 0.5) is 33.3 Å². The van der Waals surface area contributed by atoms with E-state index < -0.39 is 34.0 Å². The van der Waals surface area contributed by atoms with Crippen molar-refractivity contribution in [3.63, 3.8) is 0 Å². The Bertz CT molecular complexity index is 1920. The molecule has 0 spiro atoms. The van der Waals surface area contributed by atoms with Crippen molar-refractivity contribution in [1.82, 2.24) is 4.31 Å². The topological polar surface area (TPSA) is 9.72 Å². The number of hydrogen-bond donors (Lipinski definition) is 0. The first kappa shape index (κ1) is 38.2. The molecule has 0 bridgehead atoms. The number of rotatable bonds is 13. The Morgan fingerprint density at radius 3 is 2.16 bits per heavy atom. The summed E-state index contributed by atoms with van der Waals surface area (Å²) in [6.07, 6.45) is 7.38. The first-order valence-corrected chi connectivity index (χ1v) is 17.9. The van der Waals surface area contributed by atoms with Gasteiger partial charge in [0.1, 0.15) is 17.5 Å². The van der Waals surface area contributed by atoms with Crippen LogP contribution in [0.1, 0.15) is 78.5 Å². The first-order valence-electron chi connectivity index (χ1n) is 17.1. The molecule has 5 rings (SSSR count). The van der Waals surface area contributed by atoms with Crippen molar-refractivity contribution in [2.75, 3.05) is 30.4 Å². The number of benzene rings is 4. The predicted molar refractivity (Wildman–Crippen MR) is 202 cm³/mol. The predicted octanol–water partition coefficient (Wildman–Crippen LogP) is 11.6. The molecular weight excluding hydrogens is 674 g/mol. The van der Waals surface area contributed by atoms with E-state index >= 15 is 13.2 Å². The maximum atomic E-state index is 15.3. The summed E-state index contributed by atoms with van der Waals surface area (Å²) in [6.45, 7) is 13.8. The van der Waals surface area contributed by atoms with Crippen molar-refractivity contribution in [1.29, 1.82) is 0 Å². The molecule has 0 radical (unpaired) electrons. The first-order chi connectivity index (χ1) is 24.1. The molecule has 4 aromatic rings. The standard InChI is InChI=1S/C42H46F5N3S/c1-9-29-22-36(37(23-35(29)44)49(8)24-28-19-32(30-15-16-30)21-33(20-28)42(4,5)6)48(7)17-12-18-50(25-31-13-10-11-14-34(31)43)51-41-39(46)27(3)26(2)38(45)40(41)47/h9-14,17,19-23,30H,1,15-16,18,24-25H2,2-8H3/b17-12+. The summed E-state index contributed by atoms with van der Waals surface area (Å²) in [6, 6.07) is 16.2. The van der Waals surface area contributed by atoms with Gasteiger partial charge in [0.25, 0.3) is 0 Å². The molecule has 1 fully saturated rings. The Morgan fingerprint density at radius 1 is 0.824 bits per heavy atom. The van der Waals surface area contributed by atoms with Gasteiger partial charge in [-0.05, 0) is 96.0 Å². The van der Waals surface area contributed by atoms with Crippen LogP contribution in [0.15, 0.2) is 78.3 Å². The molecule has 0 aliphatic heterocycles. The Hall–Kier alpha value is -4.08. The van der Waals surface area contributed by atoms with Gasteiger partial charge in [0, 0.05) is 51.1 Å². The molecule has 0 amide bonds. The molecule has 51 heavy (non-hydrogen) atoms. The summed E-state index contributed by atoms with van der Waals surface area (Å²) in [5.74, 6) is -3.53. The minimum Gasteiger partial charge on any atom is -0.368 e. The highest BCUT2D eigenvalue weighted by Gasteiger charge is 2.27. The van der Waals surface area contributed by atoms with E-state index in [0.29, 0.717) is 46.9 Å². The SMILES string of the molecule is C=Cc1cc(N(C)/C=C/CN(Cc2ccccc2F)Sc2c(F)c(C)c(C)c(F)c2F)c(N(C)Cc2cc(C3CC3)cc(C(C)(C)C)c2)cc1F. The van der Waals surface area contributed by atoms with Crippen molar-refractivity contribution in [2.45, 2.75) is 76.8 Å². The van der Waals surface area contributed by atoms with Crippen LogP contribution in [0.5, 0.6) is 0 Å². The van der Waals surface area contributed by atoms with E-state index in [1.807, 2.05) is 23.9 Å². The lowest BCUT2D eigenvalue weighted by Crippen LogP contribution is -2.22. The van der Waals surface area contributed by atoms with E-state index in [4.69, 9.17) is 0 Å². The Balaban J connectivity index is 1.43. The minimum absolute atomic E-state index is 0.0115. The van der Waals surface area contributed by atoms with Crippen molar-refractivity contribution >= 4 is 29.4 Å². The van der Waals surface area contributed by atoms with E-state index in [0.717, 1.165) is 5.56 Å². The van der Waals surface area contributed by atoms with Crippen molar-refractivity contribution < 1.29 is 22.0 Å². The van der Waals surface area contributed by atoms with Gasteiger partial charge in [0.2, 0.25) is 0 Å². The van der Waals surface area contributed by atoms with Crippen LogP contribution in [0.3, 0.4) is 0 Å². The third kappa shape index (κ3) is 8.87. The van der Waals surface area contributed by atoms with E-state index in [-0.39, 0.29) is 29.6 Å². The Labute approximate surface area is 303 Å². The lowest BCUT2D eigenvalue weighted by molar-refractivity contribution is 0.449. The zero-order chi connectivity index (χ0) is 37.2. The summed E-state index contributed by atoms with van der Waals surface area (Å²) in [7, 11) is 3.76. The van der Waals surface area contributed by atoms with E-state index in [2.05, 4.69) is 45.5 Å². The second-order valence-corrected chi connectivity index (χ2v) is 15.5. The largest absolute Gasteiger partial charge is 0.368 e. The van der Waals surface area contributed by atoms with Gasteiger partial charge in [-0.1, -0.05) is 75.9 Å². The summed E-state index contributed by atoms with van der Waals surface area (Å²) in [5, 5.41) is 0. The maximum Gasteiger partial charge on any atom is 0.176 e. The molecule has 0 unspecified atom stereocenters. The van der Waals surface area contributed by atoms with Gasteiger partial charge in [-0.25, -0.2) is 26.3 Å². The maximum absolute atomic E-state index is 15.3. The molecule has 0 saturated heterocycles. The third-order valence-corrected chi connectivity index (χ3v) is 10.5. The van der Waals surface area contributed by atoms with Gasteiger partial charge < -0.3 is 9.80 Å². The molecule has 1 saturated carbocycles. The van der Waals surface area contributed by atoms with Gasteiger partial charge in [-0.3, -0.25) is 0 Å². The molecule has 0 heterocycles. The molecule has 9 heteroatoms. The fourth-order valence-corrected chi connectivity index (χ4v) is 7.01. The van der Waals surface area contributed by atoms with E-state index in [1.165, 1.54) is 56.0 Å². The zero-order valence-corrected chi connectivity index (χ0v) is 31.2. The van der Waals surface area contributed by atoms with Crippen molar-refractivity contribution in [3.8, 4) is 0 Å². The third-order valence-electron chi connectivity index (χ3n) is 9.43. The number of halogens is 5. The van der Waals surface area contributed by atoms with Gasteiger partial charge in [-0.15, -0.1) is 0 Å². The van der Waals surface area contributed by atoms with Crippen LogP contribution in [0.25, 0.3) is 6.08 Å². The summed E-state index contributed by atoms with van der Waals surface area (Å²) in [4.78, 5) is 3.36. The average molecular weight is 720 g/mol. The molecule has 1 aliphatic carbocycles. The summed E-state index contributed by atoms with van der Waals surface area (Å²) < 4.78 is 76.6. The van der Waals surface area contributed by atoms with Crippen LogP contribution in [-0.2, 0) is 18.5 Å². The Kier molecular flexibility index (Phi) is 11.7. The molecule has 3 nitrogen and oxygen atoms in total. The molecular formula is C42H46F5N3S. The highest BCUT2D eigenvalue weighted by molar-refractivity contribution is 7.97. The van der Waals surface area contributed by atoms with Crippen LogP contribution in [-0.4, -0.2) is 24.9 Å². The minimum atomic E-state index is -1.28. The van der Waals surface area contributed by atoms with Gasteiger partial charge in [-0.2, -0.15) is 0 Å². The molecule has 0 N–H and O–H groups in total. The highest BCUT2D eigenvalue weighted by Crippen LogP contribution is 2.42. The lowest BCUT2D eigenvalue weighted by atomic mass is 9.84.